The summed E-state index contributed by atoms with van der Waals surface area (Å²) in [5, 5.41) is 0. The highest BCUT2D eigenvalue weighted by molar-refractivity contribution is 8.00. The van der Waals surface area contributed by atoms with Crippen LogP contribution in [0.2, 0.25) is 0 Å². The summed E-state index contributed by atoms with van der Waals surface area (Å²) in [4.78, 5) is 1.50. The quantitative estimate of drug-likeness (QED) is 0.522. The maximum atomic E-state index is 2.47. The Balaban J connectivity index is 2.53. The van der Waals surface area contributed by atoms with Crippen LogP contribution in [-0.4, -0.2) is 0 Å². The molecule has 3 rings (SSSR count). The van der Waals surface area contributed by atoms with Crippen LogP contribution < -0.4 is 0 Å². The first kappa shape index (κ1) is 18.6. The molecule has 0 bridgehead atoms. The number of benzene rings is 2. The van der Waals surface area contributed by atoms with Gasteiger partial charge < -0.3 is 0 Å². The molecule has 0 spiro atoms. The average molecular weight is 353 g/mol. The van der Waals surface area contributed by atoms with Gasteiger partial charge in [-0.3, -0.25) is 0 Å². The Morgan fingerprint density at radius 2 is 1.48 bits per heavy atom. The van der Waals surface area contributed by atoms with Crippen molar-refractivity contribution >= 4 is 11.8 Å². The fourth-order valence-electron chi connectivity index (χ4n) is 4.48. The molecule has 1 heteroatoms. The molecule has 0 amide bonds. The maximum Gasteiger partial charge on any atom is 0.0402 e. The lowest BCUT2D eigenvalue weighted by atomic mass is 9.64. The average Bonchev–Trinajstić information content (AvgIpc) is 2.60. The van der Waals surface area contributed by atoms with Gasteiger partial charge in [0, 0.05) is 15.1 Å². The minimum atomic E-state index is 0.0278. The predicted molar refractivity (Wildman–Crippen MR) is 112 cm³/mol. The summed E-state index contributed by atoms with van der Waals surface area (Å²) in [6.07, 6.45) is 0. The Labute approximate surface area is 158 Å². The van der Waals surface area contributed by atoms with Gasteiger partial charge in [-0.2, -0.15) is 0 Å². The molecule has 0 saturated carbocycles. The van der Waals surface area contributed by atoms with Crippen molar-refractivity contribution in [1.82, 2.24) is 0 Å². The second kappa shape index (κ2) is 5.91. The molecule has 0 radical (unpaired) electrons. The fourth-order valence-corrected chi connectivity index (χ4v) is 5.96. The molecule has 134 valence electrons. The van der Waals surface area contributed by atoms with Gasteiger partial charge in [0.1, 0.15) is 0 Å². The van der Waals surface area contributed by atoms with Crippen molar-refractivity contribution in [3.05, 3.63) is 63.2 Å². The van der Waals surface area contributed by atoms with Crippen molar-refractivity contribution in [3.8, 4) is 0 Å². The lowest BCUT2D eigenvalue weighted by Gasteiger charge is -2.39. The SMILES string of the molecule is Cc1cc2c(c(C)c1C)SC(C)(C)c1cccc(C)c1C2(C)C(C)C. The Morgan fingerprint density at radius 1 is 0.840 bits per heavy atom. The van der Waals surface area contributed by atoms with Gasteiger partial charge in [-0.25, -0.2) is 0 Å². The zero-order chi connectivity index (χ0) is 18.7. The van der Waals surface area contributed by atoms with Gasteiger partial charge in [0.05, 0.1) is 0 Å². The first-order valence-corrected chi connectivity index (χ1v) is 10.2. The van der Waals surface area contributed by atoms with Crippen molar-refractivity contribution in [2.24, 2.45) is 5.92 Å². The van der Waals surface area contributed by atoms with E-state index < -0.39 is 0 Å². The van der Waals surface area contributed by atoms with E-state index in [2.05, 4.69) is 98.3 Å². The van der Waals surface area contributed by atoms with Crippen molar-refractivity contribution in [3.63, 3.8) is 0 Å². The van der Waals surface area contributed by atoms with Crippen LogP contribution in [-0.2, 0) is 10.2 Å². The van der Waals surface area contributed by atoms with E-state index in [1.807, 2.05) is 0 Å². The number of hydrogen-bond donors (Lipinski definition) is 0. The van der Waals surface area contributed by atoms with E-state index in [0.29, 0.717) is 5.92 Å². The molecule has 1 aliphatic heterocycles. The van der Waals surface area contributed by atoms with E-state index in [1.165, 1.54) is 38.3 Å². The lowest BCUT2D eigenvalue weighted by Crippen LogP contribution is -2.33. The van der Waals surface area contributed by atoms with E-state index in [9.17, 15) is 0 Å². The maximum absolute atomic E-state index is 2.47. The highest BCUT2D eigenvalue weighted by atomic mass is 32.2. The minimum absolute atomic E-state index is 0.0278. The lowest BCUT2D eigenvalue weighted by molar-refractivity contribution is 0.394. The molecule has 0 N–H and O–H groups in total. The molecule has 2 aromatic carbocycles. The monoisotopic (exact) mass is 352 g/mol. The third kappa shape index (κ3) is 2.58. The van der Waals surface area contributed by atoms with Crippen LogP contribution in [0.1, 0.15) is 73.6 Å². The summed E-state index contributed by atoms with van der Waals surface area (Å²) in [5.74, 6) is 0.530. The van der Waals surface area contributed by atoms with Crippen molar-refractivity contribution in [2.75, 3.05) is 0 Å². The van der Waals surface area contributed by atoms with Crippen LogP contribution in [0.25, 0.3) is 0 Å². The Bertz CT molecular complexity index is 842. The van der Waals surface area contributed by atoms with Gasteiger partial charge in [0.15, 0.2) is 0 Å². The molecule has 25 heavy (non-hydrogen) atoms. The van der Waals surface area contributed by atoms with E-state index >= 15 is 0 Å². The first-order chi connectivity index (χ1) is 11.5. The number of aryl methyl sites for hydroxylation is 2. The Kier molecular flexibility index (Phi) is 4.39. The number of fused-ring (bicyclic) bond motifs is 2. The number of thioether (sulfide) groups is 1. The molecule has 0 aliphatic carbocycles. The van der Waals surface area contributed by atoms with Crippen LogP contribution >= 0.6 is 11.8 Å². The highest BCUT2D eigenvalue weighted by Gasteiger charge is 2.44. The van der Waals surface area contributed by atoms with E-state index in [1.54, 1.807) is 5.56 Å². The fraction of sp³-hybridized carbons (Fsp3) is 0.500. The summed E-state index contributed by atoms with van der Waals surface area (Å²) in [5.41, 5.74) is 10.3. The Morgan fingerprint density at radius 3 is 2.08 bits per heavy atom. The molecule has 1 aliphatic rings. The summed E-state index contributed by atoms with van der Waals surface area (Å²) in [7, 11) is 0. The van der Waals surface area contributed by atoms with Crippen molar-refractivity contribution in [1.29, 1.82) is 0 Å². The third-order valence-corrected chi connectivity index (χ3v) is 8.07. The van der Waals surface area contributed by atoms with Gasteiger partial charge >= 0.3 is 0 Å². The van der Waals surface area contributed by atoms with Gasteiger partial charge in [-0.15, -0.1) is 11.8 Å². The van der Waals surface area contributed by atoms with Crippen LogP contribution in [0, 0.1) is 33.6 Å². The molecule has 1 heterocycles. The molecule has 0 saturated heterocycles. The van der Waals surface area contributed by atoms with Gasteiger partial charge in [0.2, 0.25) is 0 Å². The normalized spacial score (nSPS) is 21.7. The van der Waals surface area contributed by atoms with Gasteiger partial charge in [-0.05, 0) is 86.4 Å². The van der Waals surface area contributed by atoms with Crippen molar-refractivity contribution < 1.29 is 0 Å². The molecule has 0 aromatic heterocycles. The largest absolute Gasteiger partial charge is 0.114 e. The van der Waals surface area contributed by atoms with Crippen LogP contribution in [0.15, 0.2) is 29.2 Å². The van der Waals surface area contributed by atoms with Gasteiger partial charge in [0.25, 0.3) is 0 Å². The van der Waals surface area contributed by atoms with Gasteiger partial charge in [-0.1, -0.05) is 45.0 Å². The summed E-state index contributed by atoms with van der Waals surface area (Å²) < 4.78 is 0.0647. The summed E-state index contributed by atoms with van der Waals surface area (Å²) in [6, 6.07) is 9.36. The van der Waals surface area contributed by atoms with Crippen LogP contribution in [0.4, 0.5) is 0 Å². The number of rotatable bonds is 1. The van der Waals surface area contributed by atoms with Crippen molar-refractivity contribution in [2.45, 2.75) is 77.4 Å². The molecule has 1 unspecified atom stereocenters. The molecule has 0 fully saturated rings. The van der Waals surface area contributed by atoms with E-state index in [4.69, 9.17) is 0 Å². The zero-order valence-corrected chi connectivity index (χ0v) is 18.1. The Hall–Kier alpha value is -1.21. The molecule has 2 aromatic rings. The van der Waals surface area contributed by atoms with Crippen LogP contribution in [0.3, 0.4) is 0 Å². The predicted octanol–water partition coefficient (Wildman–Crippen LogP) is 7.22. The summed E-state index contributed by atoms with van der Waals surface area (Å²) >= 11 is 2.06. The molecular formula is C24H32S. The highest BCUT2D eigenvalue weighted by Crippen LogP contribution is 2.57. The topological polar surface area (TPSA) is 0 Å². The zero-order valence-electron chi connectivity index (χ0n) is 17.3. The van der Waals surface area contributed by atoms with E-state index in [0.717, 1.165) is 0 Å². The molecule has 1 atom stereocenters. The smallest absolute Gasteiger partial charge is 0.0402 e. The third-order valence-electron chi connectivity index (χ3n) is 6.61. The molecule has 0 nitrogen and oxygen atoms in total. The summed E-state index contributed by atoms with van der Waals surface area (Å²) in [6.45, 7) is 21.2. The molecular weight excluding hydrogens is 320 g/mol. The van der Waals surface area contributed by atoms with E-state index in [-0.39, 0.29) is 10.2 Å². The second-order valence-corrected chi connectivity index (χ2v) is 10.4. The minimum Gasteiger partial charge on any atom is -0.114 e. The standard InChI is InChI=1S/C24H32S/c1-14(2)24(9)20-13-16(4)17(5)18(6)22(20)25-23(7,8)19-12-10-11-15(3)21(19)24/h10-14H,1-9H3. The second-order valence-electron chi connectivity index (χ2n) is 8.79. The first-order valence-electron chi connectivity index (χ1n) is 9.42. The van der Waals surface area contributed by atoms with Crippen LogP contribution in [0.5, 0.6) is 0 Å². The number of hydrogen-bond acceptors (Lipinski definition) is 1.